The molecule has 2 aliphatic rings. The highest BCUT2D eigenvalue weighted by Crippen LogP contribution is 2.45. The normalized spacial score (nSPS) is 18.8. The van der Waals surface area contributed by atoms with Gasteiger partial charge in [0.15, 0.2) is 0 Å². The standard InChI is InChI=1S/C33H39F3N4O5/c1-31(2,3)29-39-38-27(44-29)22-15-26-23(16-24(22)34)33(35,36)17-25(37-30(42)45-32(4,5)6)28(41)40(26)18-19-11-13-21(14-12-19)43-20-9-7-8-10-20/h11-16,20,25H,7-10,17-18H2,1-6H3,(H,37,42)/t25-/m1/s1. The van der Waals surface area contributed by atoms with E-state index >= 15 is 13.2 Å². The summed E-state index contributed by atoms with van der Waals surface area (Å²) in [6.45, 7) is 10.2. The predicted molar refractivity (Wildman–Crippen MR) is 161 cm³/mol. The predicted octanol–water partition coefficient (Wildman–Crippen LogP) is 7.42. The van der Waals surface area contributed by atoms with Crippen LogP contribution < -0.4 is 15.0 Å². The molecule has 0 saturated heterocycles. The van der Waals surface area contributed by atoms with E-state index in [4.69, 9.17) is 13.9 Å². The van der Waals surface area contributed by atoms with Crippen LogP contribution in [0.3, 0.4) is 0 Å². The Labute approximate surface area is 260 Å². The van der Waals surface area contributed by atoms with Gasteiger partial charge in [0.1, 0.15) is 23.2 Å². The molecule has 1 saturated carbocycles. The summed E-state index contributed by atoms with van der Waals surface area (Å²) in [6.07, 6.45) is 2.22. The van der Waals surface area contributed by atoms with Gasteiger partial charge in [0.25, 0.3) is 11.8 Å². The fourth-order valence-corrected chi connectivity index (χ4v) is 5.42. The van der Waals surface area contributed by atoms with E-state index < -0.39 is 52.8 Å². The molecular weight excluding hydrogens is 589 g/mol. The zero-order valence-corrected chi connectivity index (χ0v) is 26.4. The number of alkyl halides is 2. The summed E-state index contributed by atoms with van der Waals surface area (Å²) >= 11 is 0. The molecule has 1 atom stereocenters. The number of rotatable bonds is 6. The van der Waals surface area contributed by atoms with E-state index in [9.17, 15) is 9.59 Å². The smallest absolute Gasteiger partial charge is 0.408 e. The second kappa shape index (κ2) is 12.0. The first-order chi connectivity index (χ1) is 21.0. The van der Waals surface area contributed by atoms with Crippen molar-refractivity contribution < 1.29 is 36.7 Å². The van der Waals surface area contributed by atoms with Gasteiger partial charge in [-0.15, -0.1) is 10.2 Å². The number of alkyl carbamates (subject to hydrolysis) is 1. The Kier molecular flexibility index (Phi) is 8.63. The molecule has 0 bridgehead atoms. The topological polar surface area (TPSA) is 107 Å². The summed E-state index contributed by atoms with van der Waals surface area (Å²) in [7, 11) is 0. The van der Waals surface area contributed by atoms with Crippen LogP contribution in [0, 0.1) is 5.82 Å². The number of carbonyl (C=O) groups excluding carboxylic acids is 2. The lowest BCUT2D eigenvalue weighted by atomic mass is 9.97. The molecule has 1 fully saturated rings. The number of carbonyl (C=O) groups is 2. The number of hydrogen-bond acceptors (Lipinski definition) is 7. The van der Waals surface area contributed by atoms with Crippen molar-refractivity contribution in [3.05, 3.63) is 59.2 Å². The van der Waals surface area contributed by atoms with Crippen LogP contribution in [-0.4, -0.2) is 39.9 Å². The van der Waals surface area contributed by atoms with Crippen LogP contribution in [0.1, 0.15) is 90.7 Å². The lowest BCUT2D eigenvalue weighted by Crippen LogP contribution is -2.49. The fraction of sp³-hybridized carbons (Fsp3) is 0.515. The van der Waals surface area contributed by atoms with Gasteiger partial charge in [-0.1, -0.05) is 32.9 Å². The number of aromatic nitrogens is 2. The number of halogens is 3. The Morgan fingerprint density at radius 1 is 1.07 bits per heavy atom. The number of benzene rings is 2. The lowest BCUT2D eigenvalue weighted by Gasteiger charge is -2.27. The van der Waals surface area contributed by atoms with Crippen molar-refractivity contribution in [3.8, 4) is 17.2 Å². The Morgan fingerprint density at radius 3 is 2.33 bits per heavy atom. The van der Waals surface area contributed by atoms with E-state index in [2.05, 4.69) is 15.5 Å². The number of anilines is 1. The molecule has 1 aliphatic carbocycles. The molecule has 1 aliphatic heterocycles. The zero-order valence-electron chi connectivity index (χ0n) is 26.4. The Hall–Kier alpha value is -4.09. The second-order valence-corrected chi connectivity index (χ2v) is 13.7. The summed E-state index contributed by atoms with van der Waals surface area (Å²) in [5, 5.41) is 10.3. The van der Waals surface area contributed by atoms with Gasteiger partial charge in [0, 0.05) is 17.4 Å². The highest BCUT2D eigenvalue weighted by Gasteiger charge is 2.47. The molecule has 0 unspecified atom stereocenters. The monoisotopic (exact) mass is 628 g/mol. The quantitative estimate of drug-likeness (QED) is 0.303. The van der Waals surface area contributed by atoms with E-state index in [1.165, 1.54) is 0 Å². The number of hydrogen-bond donors (Lipinski definition) is 1. The average molecular weight is 629 g/mol. The Bertz CT molecular complexity index is 1550. The van der Waals surface area contributed by atoms with Crippen LogP contribution in [0.2, 0.25) is 0 Å². The van der Waals surface area contributed by atoms with Crippen molar-refractivity contribution in [1.29, 1.82) is 0 Å². The van der Waals surface area contributed by atoms with Crippen molar-refractivity contribution in [1.82, 2.24) is 15.5 Å². The van der Waals surface area contributed by atoms with Gasteiger partial charge < -0.3 is 24.1 Å². The number of fused-ring (bicyclic) bond motifs is 1. The van der Waals surface area contributed by atoms with Gasteiger partial charge in [-0.05, 0) is 76.3 Å². The number of ether oxygens (including phenoxy) is 2. The van der Waals surface area contributed by atoms with Gasteiger partial charge in [-0.3, -0.25) is 4.79 Å². The SMILES string of the molecule is CC(C)(C)OC(=O)N[C@@H]1CC(F)(F)c2cc(F)c(-c3nnc(C(C)(C)C)o3)cc2N(Cc2ccc(OC3CCCC3)cc2)C1=O. The molecule has 12 heteroatoms. The number of nitrogens with one attached hydrogen (secondary N) is 1. The molecule has 1 N–H and O–H groups in total. The summed E-state index contributed by atoms with van der Waals surface area (Å²) < 4.78 is 64.3. The molecule has 242 valence electrons. The maximum atomic E-state index is 15.9. The van der Waals surface area contributed by atoms with Gasteiger partial charge >= 0.3 is 6.09 Å². The van der Waals surface area contributed by atoms with Crippen molar-refractivity contribution >= 4 is 17.7 Å². The minimum atomic E-state index is -3.71. The van der Waals surface area contributed by atoms with Crippen molar-refractivity contribution in [2.24, 2.45) is 0 Å². The first-order valence-electron chi connectivity index (χ1n) is 15.1. The second-order valence-electron chi connectivity index (χ2n) is 13.7. The number of nitrogens with zero attached hydrogens (tertiary/aromatic N) is 3. The number of amides is 2. The zero-order chi connectivity index (χ0) is 32.7. The largest absolute Gasteiger partial charge is 0.490 e. The van der Waals surface area contributed by atoms with Gasteiger partial charge in [0.2, 0.25) is 11.8 Å². The highest BCUT2D eigenvalue weighted by molar-refractivity contribution is 6.00. The van der Waals surface area contributed by atoms with Crippen molar-refractivity contribution in [3.63, 3.8) is 0 Å². The van der Waals surface area contributed by atoms with E-state index in [1.807, 2.05) is 20.8 Å². The van der Waals surface area contributed by atoms with Gasteiger partial charge in [-0.2, -0.15) is 0 Å². The highest BCUT2D eigenvalue weighted by atomic mass is 19.3. The van der Waals surface area contributed by atoms with Crippen molar-refractivity contribution in [2.75, 3.05) is 4.90 Å². The summed E-state index contributed by atoms with van der Waals surface area (Å²) in [4.78, 5) is 27.8. The minimum Gasteiger partial charge on any atom is -0.490 e. The molecule has 0 radical (unpaired) electrons. The van der Waals surface area contributed by atoms with Crippen LogP contribution in [0.15, 0.2) is 40.8 Å². The molecule has 2 aromatic carbocycles. The summed E-state index contributed by atoms with van der Waals surface area (Å²) in [5.74, 6) is -4.85. The first kappa shape index (κ1) is 32.3. The maximum absolute atomic E-state index is 15.9. The van der Waals surface area contributed by atoms with Crippen LogP contribution in [-0.2, 0) is 27.4 Å². The molecular formula is C33H39F3N4O5. The third-order valence-electron chi connectivity index (χ3n) is 7.65. The molecule has 2 amide bonds. The lowest BCUT2D eigenvalue weighted by molar-refractivity contribution is -0.123. The summed E-state index contributed by atoms with van der Waals surface area (Å²) in [6, 6.07) is 7.18. The van der Waals surface area contributed by atoms with Gasteiger partial charge in [0.05, 0.1) is 23.9 Å². The van der Waals surface area contributed by atoms with E-state index in [-0.39, 0.29) is 35.7 Å². The van der Waals surface area contributed by atoms with E-state index in [1.54, 1.807) is 45.0 Å². The summed E-state index contributed by atoms with van der Waals surface area (Å²) in [5.41, 5.74) is -2.05. The fourth-order valence-electron chi connectivity index (χ4n) is 5.42. The maximum Gasteiger partial charge on any atom is 0.408 e. The van der Waals surface area contributed by atoms with Crippen LogP contribution in [0.25, 0.3) is 11.5 Å². The molecule has 5 rings (SSSR count). The van der Waals surface area contributed by atoms with Crippen LogP contribution in [0.4, 0.5) is 23.7 Å². The van der Waals surface area contributed by atoms with E-state index in [0.717, 1.165) is 36.6 Å². The van der Waals surface area contributed by atoms with Crippen LogP contribution >= 0.6 is 0 Å². The minimum absolute atomic E-state index is 0.147. The molecule has 45 heavy (non-hydrogen) atoms. The van der Waals surface area contributed by atoms with Crippen LogP contribution in [0.5, 0.6) is 5.75 Å². The van der Waals surface area contributed by atoms with E-state index in [0.29, 0.717) is 17.4 Å². The third-order valence-corrected chi connectivity index (χ3v) is 7.65. The Balaban J connectivity index is 1.55. The molecule has 2 heterocycles. The third kappa shape index (κ3) is 7.42. The molecule has 3 aromatic rings. The average Bonchev–Trinajstić information content (AvgIpc) is 3.62. The molecule has 0 spiro atoms. The van der Waals surface area contributed by atoms with Gasteiger partial charge in [-0.25, -0.2) is 18.0 Å². The Morgan fingerprint density at radius 2 is 1.73 bits per heavy atom. The molecule has 1 aromatic heterocycles. The first-order valence-corrected chi connectivity index (χ1v) is 15.1. The molecule has 9 nitrogen and oxygen atoms in total. The van der Waals surface area contributed by atoms with Crippen molar-refractivity contribution in [2.45, 2.75) is 109 Å².